The largest absolute Gasteiger partial charge is 0.359 e. The van der Waals surface area contributed by atoms with Gasteiger partial charge >= 0.3 is 0 Å². The summed E-state index contributed by atoms with van der Waals surface area (Å²) in [5.74, 6) is 1.45. The first-order valence-electron chi connectivity index (χ1n) is 8.14. The average Bonchev–Trinajstić information content (AvgIpc) is 3.05. The molecule has 0 aliphatic rings. The van der Waals surface area contributed by atoms with E-state index in [4.69, 9.17) is 0 Å². The first-order valence-corrected chi connectivity index (χ1v) is 8.14. The minimum Gasteiger partial charge on any atom is -0.359 e. The van der Waals surface area contributed by atoms with Crippen LogP contribution in [0.15, 0.2) is 24.5 Å². The van der Waals surface area contributed by atoms with Gasteiger partial charge in [0.25, 0.3) is 0 Å². The van der Waals surface area contributed by atoms with Crippen molar-refractivity contribution >= 4 is 16.7 Å². The molecular weight excluding hydrogens is 302 g/mol. The zero-order chi connectivity index (χ0) is 17.2. The SMILES string of the molecule is Cc1ccc2ncnc(NC(CCC(C)(C)C)c3nn[nH]n3)c2c1. The van der Waals surface area contributed by atoms with Gasteiger partial charge in [-0.25, -0.2) is 9.97 Å². The maximum absolute atomic E-state index is 4.43. The number of anilines is 1. The van der Waals surface area contributed by atoms with E-state index >= 15 is 0 Å². The van der Waals surface area contributed by atoms with E-state index in [0.717, 1.165) is 29.6 Å². The second kappa shape index (κ2) is 6.51. The average molecular weight is 325 g/mol. The molecule has 3 rings (SSSR count). The number of aromatic nitrogens is 6. The van der Waals surface area contributed by atoms with Crippen molar-refractivity contribution in [3.63, 3.8) is 0 Å². The molecule has 2 aromatic heterocycles. The number of hydrogen-bond acceptors (Lipinski definition) is 6. The Morgan fingerprint density at radius 3 is 2.75 bits per heavy atom. The normalized spacial score (nSPS) is 13.2. The molecule has 7 nitrogen and oxygen atoms in total. The second-order valence-electron chi connectivity index (χ2n) is 7.31. The molecule has 1 aromatic carbocycles. The maximum atomic E-state index is 4.43. The number of aromatic amines is 1. The molecule has 24 heavy (non-hydrogen) atoms. The molecule has 0 fully saturated rings. The van der Waals surface area contributed by atoms with Crippen LogP contribution in [0.2, 0.25) is 0 Å². The van der Waals surface area contributed by atoms with E-state index in [0.29, 0.717) is 5.82 Å². The maximum Gasteiger partial charge on any atom is 0.196 e. The van der Waals surface area contributed by atoms with E-state index in [1.165, 1.54) is 5.56 Å². The van der Waals surface area contributed by atoms with Crippen LogP contribution in [0.4, 0.5) is 5.82 Å². The lowest BCUT2D eigenvalue weighted by Gasteiger charge is -2.23. The summed E-state index contributed by atoms with van der Waals surface area (Å²) in [6, 6.07) is 6.10. The van der Waals surface area contributed by atoms with Crippen LogP contribution in [0.1, 0.15) is 51.0 Å². The van der Waals surface area contributed by atoms with Crippen molar-refractivity contribution < 1.29 is 0 Å². The summed E-state index contributed by atoms with van der Waals surface area (Å²) < 4.78 is 0. The molecule has 1 unspecified atom stereocenters. The Hall–Kier alpha value is -2.57. The van der Waals surface area contributed by atoms with Gasteiger partial charge in [-0.1, -0.05) is 37.6 Å². The number of tetrazole rings is 1. The van der Waals surface area contributed by atoms with Crippen LogP contribution in [-0.2, 0) is 0 Å². The van der Waals surface area contributed by atoms with Gasteiger partial charge in [0.15, 0.2) is 5.82 Å². The number of nitrogens with zero attached hydrogens (tertiary/aromatic N) is 5. The molecule has 3 aromatic rings. The zero-order valence-corrected chi connectivity index (χ0v) is 14.5. The number of nitrogens with one attached hydrogen (secondary N) is 2. The summed E-state index contributed by atoms with van der Waals surface area (Å²) in [6.45, 7) is 8.74. The Labute approximate surface area is 141 Å². The lowest BCUT2D eigenvalue weighted by Crippen LogP contribution is -2.17. The third kappa shape index (κ3) is 3.84. The van der Waals surface area contributed by atoms with Crippen molar-refractivity contribution in [1.29, 1.82) is 0 Å². The van der Waals surface area contributed by atoms with Gasteiger partial charge in [0, 0.05) is 5.39 Å². The van der Waals surface area contributed by atoms with Crippen LogP contribution in [0.5, 0.6) is 0 Å². The van der Waals surface area contributed by atoms with Crippen LogP contribution in [0, 0.1) is 12.3 Å². The Balaban J connectivity index is 1.91. The predicted octanol–water partition coefficient (Wildman–Crippen LogP) is 3.43. The fraction of sp³-hybridized carbons (Fsp3) is 0.471. The minimum absolute atomic E-state index is 0.0541. The number of fused-ring (bicyclic) bond motifs is 1. The Morgan fingerprint density at radius 2 is 2.04 bits per heavy atom. The molecule has 0 aliphatic carbocycles. The van der Waals surface area contributed by atoms with Crippen molar-refractivity contribution in [2.24, 2.45) is 5.41 Å². The van der Waals surface area contributed by atoms with Gasteiger partial charge in [-0.15, -0.1) is 10.2 Å². The topological polar surface area (TPSA) is 92.3 Å². The highest BCUT2D eigenvalue weighted by Crippen LogP contribution is 2.30. The molecule has 7 heteroatoms. The highest BCUT2D eigenvalue weighted by molar-refractivity contribution is 5.89. The summed E-state index contributed by atoms with van der Waals surface area (Å²) in [4.78, 5) is 8.77. The zero-order valence-electron chi connectivity index (χ0n) is 14.5. The van der Waals surface area contributed by atoms with Gasteiger partial charge in [0.05, 0.1) is 11.6 Å². The van der Waals surface area contributed by atoms with Crippen LogP contribution in [-0.4, -0.2) is 30.6 Å². The van der Waals surface area contributed by atoms with Crippen molar-refractivity contribution in [3.8, 4) is 0 Å². The third-order valence-corrected chi connectivity index (χ3v) is 3.96. The first kappa shape index (κ1) is 16.3. The molecule has 0 bridgehead atoms. The van der Waals surface area contributed by atoms with Gasteiger partial charge in [-0.05, 0) is 37.3 Å². The number of benzene rings is 1. The highest BCUT2D eigenvalue weighted by Gasteiger charge is 2.21. The quantitative estimate of drug-likeness (QED) is 0.746. The van der Waals surface area contributed by atoms with E-state index in [2.05, 4.69) is 75.7 Å². The van der Waals surface area contributed by atoms with E-state index in [1.54, 1.807) is 6.33 Å². The Kier molecular flexibility index (Phi) is 4.42. The monoisotopic (exact) mass is 325 g/mol. The second-order valence-corrected chi connectivity index (χ2v) is 7.31. The summed E-state index contributed by atoms with van der Waals surface area (Å²) >= 11 is 0. The molecule has 0 aliphatic heterocycles. The van der Waals surface area contributed by atoms with E-state index < -0.39 is 0 Å². The van der Waals surface area contributed by atoms with Gasteiger partial charge in [-0.3, -0.25) is 0 Å². The van der Waals surface area contributed by atoms with Crippen molar-refractivity contribution in [1.82, 2.24) is 30.6 Å². The molecule has 1 atom stereocenters. The molecule has 126 valence electrons. The standard InChI is InChI=1S/C17H23N7/c1-11-5-6-13-12(9-11)15(19-10-18-13)20-14(7-8-17(2,3)4)16-21-23-24-22-16/h5-6,9-10,14H,7-8H2,1-4H3,(H,18,19,20)(H,21,22,23,24). The number of rotatable bonds is 5. The van der Waals surface area contributed by atoms with Gasteiger partial charge in [0.2, 0.25) is 0 Å². The molecule has 0 spiro atoms. The predicted molar refractivity (Wildman–Crippen MR) is 93.5 cm³/mol. The summed E-state index contributed by atoms with van der Waals surface area (Å²) in [7, 11) is 0. The van der Waals surface area contributed by atoms with E-state index in [9.17, 15) is 0 Å². The summed E-state index contributed by atoms with van der Waals surface area (Å²) in [6.07, 6.45) is 3.50. The van der Waals surface area contributed by atoms with Crippen LogP contribution in [0.3, 0.4) is 0 Å². The lowest BCUT2D eigenvalue weighted by atomic mass is 9.88. The van der Waals surface area contributed by atoms with Gasteiger partial charge in [0.1, 0.15) is 12.1 Å². The molecule has 0 radical (unpaired) electrons. The van der Waals surface area contributed by atoms with Crippen LogP contribution in [0.25, 0.3) is 10.9 Å². The lowest BCUT2D eigenvalue weighted by molar-refractivity contribution is 0.352. The highest BCUT2D eigenvalue weighted by atomic mass is 15.5. The first-order chi connectivity index (χ1) is 11.4. The van der Waals surface area contributed by atoms with Crippen LogP contribution < -0.4 is 5.32 Å². The fourth-order valence-corrected chi connectivity index (χ4v) is 2.61. The third-order valence-electron chi connectivity index (χ3n) is 3.96. The molecule has 0 amide bonds. The fourth-order valence-electron chi connectivity index (χ4n) is 2.61. The van der Waals surface area contributed by atoms with Crippen LogP contribution >= 0.6 is 0 Å². The van der Waals surface area contributed by atoms with E-state index in [1.807, 2.05) is 6.07 Å². The molecule has 0 saturated heterocycles. The van der Waals surface area contributed by atoms with Crippen molar-refractivity contribution in [2.75, 3.05) is 5.32 Å². The minimum atomic E-state index is -0.0541. The van der Waals surface area contributed by atoms with Crippen molar-refractivity contribution in [3.05, 3.63) is 35.9 Å². The summed E-state index contributed by atoms with van der Waals surface area (Å²) in [5.41, 5.74) is 2.32. The van der Waals surface area contributed by atoms with Gasteiger partial charge < -0.3 is 5.32 Å². The number of H-pyrrole nitrogens is 1. The molecule has 0 saturated carbocycles. The Morgan fingerprint density at radius 1 is 1.21 bits per heavy atom. The molecule has 2 N–H and O–H groups in total. The number of hydrogen-bond donors (Lipinski definition) is 2. The smallest absolute Gasteiger partial charge is 0.196 e. The number of aryl methyl sites for hydroxylation is 1. The molecular formula is C17H23N7. The molecule has 2 heterocycles. The summed E-state index contributed by atoms with van der Waals surface area (Å²) in [5, 5.41) is 19.0. The van der Waals surface area contributed by atoms with E-state index in [-0.39, 0.29) is 11.5 Å². The Bertz CT molecular complexity index is 805. The van der Waals surface area contributed by atoms with Crippen molar-refractivity contribution in [2.45, 2.75) is 46.6 Å². The van der Waals surface area contributed by atoms with Gasteiger partial charge in [-0.2, -0.15) is 5.21 Å².